The van der Waals surface area contributed by atoms with Crippen LogP contribution < -0.4 is 0 Å². The van der Waals surface area contributed by atoms with Gasteiger partial charge < -0.3 is 10.1 Å². The van der Waals surface area contributed by atoms with E-state index >= 15 is 0 Å². The van der Waals surface area contributed by atoms with Crippen molar-refractivity contribution in [1.29, 1.82) is 5.26 Å². The molecule has 0 bridgehead atoms. The number of carbonyl (C=O) groups is 1. The van der Waals surface area contributed by atoms with Crippen molar-refractivity contribution in [2.24, 2.45) is 5.92 Å². The van der Waals surface area contributed by atoms with E-state index in [2.05, 4.69) is 46.1 Å². The molecule has 1 aliphatic carbocycles. The Hall–Kier alpha value is -3.14. The monoisotopic (exact) mass is 468 g/mol. The molecule has 180 valence electrons. The van der Waals surface area contributed by atoms with Crippen molar-refractivity contribution in [3.8, 4) is 6.07 Å². The molecule has 3 fully saturated rings. The van der Waals surface area contributed by atoms with Crippen LogP contribution in [-0.2, 0) is 6.54 Å². The van der Waals surface area contributed by atoms with Gasteiger partial charge in [-0.15, -0.1) is 0 Å². The zero-order valence-corrected chi connectivity index (χ0v) is 20.2. The Morgan fingerprint density at radius 3 is 2.63 bits per heavy atom. The molecule has 6 nitrogen and oxygen atoms in total. The zero-order chi connectivity index (χ0) is 24.1. The zero-order valence-electron chi connectivity index (χ0n) is 20.2. The predicted octanol–water partition coefficient (Wildman–Crippen LogP) is 5.21. The molecule has 1 saturated carbocycles. The summed E-state index contributed by atoms with van der Waals surface area (Å²) in [6, 6.07) is 15.2. The van der Waals surface area contributed by atoms with Gasteiger partial charge in [0.25, 0.3) is 0 Å². The number of carboxylic acids is 1. The van der Waals surface area contributed by atoms with Gasteiger partial charge in [-0.2, -0.15) is 5.26 Å². The highest BCUT2D eigenvalue weighted by molar-refractivity contribution is 5.88. The number of nitrogens with zero attached hydrogens (tertiary/aromatic N) is 3. The lowest BCUT2D eigenvalue weighted by atomic mass is 9.86. The quantitative estimate of drug-likeness (QED) is 0.519. The summed E-state index contributed by atoms with van der Waals surface area (Å²) >= 11 is 0. The minimum Gasteiger partial charge on any atom is -0.478 e. The molecular formula is C29H32N4O2. The van der Waals surface area contributed by atoms with Crippen LogP contribution >= 0.6 is 0 Å². The number of piperidine rings is 1. The van der Waals surface area contributed by atoms with Gasteiger partial charge in [0.05, 0.1) is 17.6 Å². The molecule has 2 N–H and O–H groups in total. The van der Waals surface area contributed by atoms with Crippen LogP contribution in [0.5, 0.6) is 0 Å². The van der Waals surface area contributed by atoms with Crippen molar-refractivity contribution < 1.29 is 9.90 Å². The van der Waals surface area contributed by atoms with Crippen LogP contribution in [0.25, 0.3) is 10.9 Å². The fourth-order valence-electron chi connectivity index (χ4n) is 6.24. The van der Waals surface area contributed by atoms with Crippen molar-refractivity contribution in [2.45, 2.75) is 57.2 Å². The first kappa shape index (κ1) is 22.3. The number of H-pyrrole nitrogens is 1. The van der Waals surface area contributed by atoms with Gasteiger partial charge in [0.15, 0.2) is 0 Å². The molecule has 2 atom stereocenters. The average Bonchev–Trinajstić information content (AvgIpc) is 3.56. The van der Waals surface area contributed by atoms with Gasteiger partial charge in [-0.3, -0.25) is 9.80 Å². The summed E-state index contributed by atoms with van der Waals surface area (Å²) < 4.78 is 0. The first-order valence-corrected chi connectivity index (χ1v) is 12.8. The van der Waals surface area contributed by atoms with Gasteiger partial charge in [-0.25, -0.2) is 4.79 Å². The number of likely N-dealkylation sites (tertiary alicyclic amines) is 2. The van der Waals surface area contributed by atoms with Crippen LogP contribution in [0.15, 0.2) is 42.6 Å². The number of aromatic carboxylic acids is 1. The van der Waals surface area contributed by atoms with E-state index in [4.69, 9.17) is 0 Å². The van der Waals surface area contributed by atoms with Crippen molar-refractivity contribution in [1.82, 2.24) is 14.8 Å². The van der Waals surface area contributed by atoms with Gasteiger partial charge in [-0.1, -0.05) is 18.2 Å². The molecule has 6 heteroatoms. The minimum atomic E-state index is -0.887. The normalized spacial score (nSPS) is 23.8. The molecule has 2 saturated heterocycles. The number of hydrogen-bond acceptors (Lipinski definition) is 4. The van der Waals surface area contributed by atoms with Crippen molar-refractivity contribution in [3.63, 3.8) is 0 Å². The Morgan fingerprint density at radius 1 is 1.17 bits per heavy atom. The topological polar surface area (TPSA) is 83.4 Å². The highest BCUT2D eigenvalue weighted by Gasteiger charge is 2.38. The summed E-state index contributed by atoms with van der Waals surface area (Å²) in [5.41, 5.74) is 7.04. The Morgan fingerprint density at radius 2 is 1.94 bits per heavy atom. The maximum atomic E-state index is 11.4. The van der Waals surface area contributed by atoms with Gasteiger partial charge in [0.1, 0.15) is 0 Å². The lowest BCUT2D eigenvalue weighted by Crippen LogP contribution is -2.55. The fraction of sp³-hybridized carbons (Fsp3) is 0.448. The highest BCUT2D eigenvalue weighted by atomic mass is 16.4. The molecule has 3 heterocycles. The van der Waals surface area contributed by atoms with Gasteiger partial charge in [0.2, 0.25) is 0 Å². The maximum absolute atomic E-state index is 11.4. The second-order valence-electron chi connectivity index (χ2n) is 10.7. The molecule has 0 spiro atoms. The third kappa shape index (κ3) is 4.13. The van der Waals surface area contributed by atoms with Crippen LogP contribution in [0.4, 0.5) is 0 Å². The first-order chi connectivity index (χ1) is 17.0. The molecule has 0 radical (unpaired) electrons. The molecule has 3 aromatic rings. The van der Waals surface area contributed by atoms with E-state index in [0.717, 1.165) is 39.0 Å². The van der Waals surface area contributed by atoms with Crippen molar-refractivity contribution >= 4 is 16.9 Å². The van der Waals surface area contributed by atoms with Crippen molar-refractivity contribution in [2.75, 3.05) is 19.6 Å². The lowest BCUT2D eigenvalue weighted by Gasteiger charge is -2.48. The SMILES string of the molecule is Cc1cc(C2CC2)c(CN2CC[C@H](N3CC(C#N)C3)C[C@H]2c2ccc(C(=O)O)cc2)c2cc[nH]c12. The summed E-state index contributed by atoms with van der Waals surface area (Å²) in [6.07, 6.45) is 6.72. The largest absolute Gasteiger partial charge is 0.478 e. The number of carboxylic acid groups (broad SMARTS) is 1. The van der Waals surface area contributed by atoms with Gasteiger partial charge >= 0.3 is 5.97 Å². The second kappa shape index (κ2) is 8.82. The Balaban J connectivity index is 1.33. The summed E-state index contributed by atoms with van der Waals surface area (Å²) in [4.78, 5) is 20.0. The molecular weight excluding hydrogens is 436 g/mol. The predicted molar refractivity (Wildman–Crippen MR) is 135 cm³/mol. The van der Waals surface area contributed by atoms with Gasteiger partial charge in [0, 0.05) is 55.4 Å². The fourth-order valence-corrected chi connectivity index (χ4v) is 6.24. The molecule has 0 amide bonds. The molecule has 6 rings (SSSR count). The Bertz CT molecular complexity index is 1290. The van der Waals surface area contributed by atoms with E-state index in [-0.39, 0.29) is 12.0 Å². The Labute approximate surface area is 206 Å². The summed E-state index contributed by atoms with van der Waals surface area (Å²) in [5.74, 6) is -0.0451. The number of nitriles is 1. The maximum Gasteiger partial charge on any atom is 0.335 e. The Kier molecular flexibility index (Phi) is 5.63. The van der Waals surface area contributed by atoms with E-state index in [1.165, 1.54) is 46.0 Å². The van der Waals surface area contributed by atoms with Crippen LogP contribution in [0.3, 0.4) is 0 Å². The molecule has 2 aromatic carbocycles. The lowest BCUT2D eigenvalue weighted by molar-refractivity contribution is 0.0119. The molecule has 35 heavy (non-hydrogen) atoms. The van der Waals surface area contributed by atoms with Gasteiger partial charge in [-0.05, 0) is 79.0 Å². The minimum absolute atomic E-state index is 0.164. The average molecular weight is 469 g/mol. The molecule has 3 aliphatic rings. The van der Waals surface area contributed by atoms with E-state index < -0.39 is 5.97 Å². The highest BCUT2D eigenvalue weighted by Crippen LogP contribution is 2.45. The molecule has 1 aromatic heterocycles. The van der Waals surface area contributed by atoms with Crippen molar-refractivity contribution in [3.05, 3.63) is 70.4 Å². The third-order valence-electron chi connectivity index (χ3n) is 8.40. The number of rotatable bonds is 6. The number of aromatic nitrogens is 1. The third-order valence-corrected chi connectivity index (χ3v) is 8.40. The summed E-state index contributed by atoms with van der Waals surface area (Å²) in [5, 5.41) is 20.0. The molecule has 2 aliphatic heterocycles. The molecule has 0 unspecified atom stereocenters. The number of fused-ring (bicyclic) bond motifs is 1. The first-order valence-electron chi connectivity index (χ1n) is 12.8. The van der Waals surface area contributed by atoms with E-state index in [0.29, 0.717) is 17.5 Å². The van der Waals surface area contributed by atoms with E-state index in [1.807, 2.05) is 12.1 Å². The number of benzene rings is 2. The van der Waals surface area contributed by atoms with E-state index in [9.17, 15) is 15.2 Å². The standard InChI is InChI=1S/C29H32N4O2/c1-18-12-25(20-2-3-20)26(24-8-10-31-28(18)24)17-32-11-9-23(33-15-19(14-30)16-33)13-27(32)21-4-6-22(7-5-21)29(34)35/h4-8,10,12,19-20,23,27,31H,2-3,9,11,13,15-17H2,1H3,(H,34,35)/t23-,27-/m0/s1. The van der Waals surface area contributed by atoms with Crippen LogP contribution in [-0.4, -0.2) is 51.5 Å². The smallest absolute Gasteiger partial charge is 0.335 e. The second-order valence-corrected chi connectivity index (χ2v) is 10.7. The number of nitrogens with one attached hydrogen (secondary N) is 1. The van der Waals surface area contributed by atoms with Crippen LogP contribution in [0.2, 0.25) is 0 Å². The summed E-state index contributed by atoms with van der Waals surface area (Å²) in [7, 11) is 0. The summed E-state index contributed by atoms with van der Waals surface area (Å²) in [6.45, 7) is 5.85. The van der Waals surface area contributed by atoms with Crippen LogP contribution in [0, 0.1) is 24.2 Å². The van der Waals surface area contributed by atoms with Crippen LogP contribution in [0.1, 0.15) is 70.3 Å². The number of hydrogen-bond donors (Lipinski definition) is 2. The number of aromatic amines is 1. The van der Waals surface area contributed by atoms with E-state index in [1.54, 1.807) is 12.1 Å². The number of aryl methyl sites for hydroxylation is 1.